The van der Waals surface area contributed by atoms with Crippen molar-refractivity contribution in [3.8, 4) is 5.88 Å². The van der Waals surface area contributed by atoms with Crippen LogP contribution in [0.4, 0.5) is 0 Å². The summed E-state index contributed by atoms with van der Waals surface area (Å²) in [6, 6.07) is 3.40. The number of allylic oxidation sites excluding steroid dienone is 1. The highest BCUT2D eigenvalue weighted by atomic mass is 16.5. The zero-order chi connectivity index (χ0) is 12.1. The van der Waals surface area contributed by atoms with Crippen molar-refractivity contribution in [2.24, 2.45) is 10.4 Å². The molecule has 17 heavy (non-hydrogen) atoms. The SMILES string of the molecule is CC1(COc2ccc(CO)nn2)C=CC=NC1. The van der Waals surface area contributed by atoms with Gasteiger partial charge in [0.05, 0.1) is 18.8 Å². The lowest BCUT2D eigenvalue weighted by atomic mass is 9.90. The van der Waals surface area contributed by atoms with Crippen LogP contribution in [0.1, 0.15) is 12.6 Å². The van der Waals surface area contributed by atoms with E-state index in [9.17, 15) is 0 Å². The van der Waals surface area contributed by atoms with Gasteiger partial charge in [-0.1, -0.05) is 13.0 Å². The smallest absolute Gasteiger partial charge is 0.233 e. The second-order valence-corrected chi connectivity index (χ2v) is 4.31. The number of aliphatic hydroxyl groups excluding tert-OH is 1. The second-order valence-electron chi connectivity index (χ2n) is 4.31. The minimum Gasteiger partial charge on any atom is -0.476 e. The summed E-state index contributed by atoms with van der Waals surface area (Å²) in [5.41, 5.74) is 0.442. The van der Waals surface area contributed by atoms with Gasteiger partial charge in [-0.2, -0.15) is 0 Å². The molecule has 1 aromatic heterocycles. The van der Waals surface area contributed by atoms with Gasteiger partial charge in [-0.05, 0) is 12.1 Å². The molecular weight excluding hydrogens is 218 g/mol. The first-order valence-corrected chi connectivity index (χ1v) is 5.46. The van der Waals surface area contributed by atoms with E-state index in [0.717, 1.165) is 0 Å². The first-order valence-electron chi connectivity index (χ1n) is 5.46. The minimum absolute atomic E-state index is 0.0912. The molecule has 0 saturated carbocycles. The lowest BCUT2D eigenvalue weighted by Gasteiger charge is -2.25. The summed E-state index contributed by atoms with van der Waals surface area (Å²) in [5.74, 6) is 0.464. The van der Waals surface area contributed by atoms with Crippen molar-refractivity contribution >= 4 is 6.21 Å². The van der Waals surface area contributed by atoms with Gasteiger partial charge < -0.3 is 9.84 Å². The van der Waals surface area contributed by atoms with E-state index in [1.54, 1.807) is 18.3 Å². The molecule has 90 valence electrons. The van der Waals surface area contributed by atoms with E-state index in [-0.39, 0.29) is 12.0 Å². The molecule has 0 radical (unpaired) electrons. The summed E-state index contributed by atoms with van der Waals surface area (Å²) in [6.07, 6.45) is 5.79. The zero-order valence-electron chi connectivity index (χ0n) is 9.71. The Balaban J connectivity index is 1.93. The fourth-order valence-corrected chi connectivity index (χ4v) is 1.49. The van der Waals surface area contributed by atoms with Crippen LogP contribution in [-0.2, 0) is 6.61 Å². The molecule has 1 atom stereocenters. The summed E-state index contributed by atoms with van der Waals surface area (Å²) in [5, 5.41) is 16.5. The maximum atomic E-state index is 8.83. The molecule has 0 fully saturated rings. The van der Waals surface area contributed by atoms with Crippen LogP contribution >= 0.6 is 0 Å². The first-order chi connectivity index (χ1) is 8.22. The van der Waals surface area contributed by atoms with E-state index in [1.807, 2.05) is 6.08 Å². The molecule has 0 amide bonds. The van der Waals surface area contributed by atoms with Crippen molar-refractivity contribution in [1.82, 2.24) is 10.2 Å². The Kier molecular flexibility index (Phi) is 3.49. The van der Waals surface area contributed by atoms with Gasteiger partial charge in [-0.3, -0.25) is 4.99 Å². The highest BCUT2D eigenvalue weighted by Gasteiger charge is 2.23. The number of nitrogens with zero attached hydrogens (tertiary/aromatic N) is 3. The van der Waals surface area contributed by atoms with Gasteiger partial charge in [0, 0.05) is 17.7 Å². The Morgan fingerprint density at radius 2 is 2.29 bits per heavy atom. The maximum absolute atomic E-state index is 8.83. The van der Waals surface area contributed by atoms with E-state index in [0.29, 0.717) is 24.7 Å². The molecule has 0 aliphatic carbocycles. The molecule has 0 bridgehead atoms. The number of dihydropyridines is 1. The first kappa shape index (κ1) is 11.7. The highest BCUT2D eigenvalue weighted by Crippen LogP contribution is 2.22. The van der Waals surface area contributed by atoms with Gasteiger partial charge in [0.25, 0.3) is 0 Å². The predicted molar refractivity (Wildman–Crippen MR) is 64.1 cm³/mol. The normalized spacial score (nSPS) is 22.7. The van der Waals surface area contributed by atoms with Crippen LogP contribution < -0.4 is 4.74 Å². The Bertz CT molecular complexity index is 428. The standard InChI is InChI=1S/C12H15N3O2/c1-12(5-2-6-13-8-12)9-17-11-4-3-10(7-16)14-15-11/h2-6,16H,7-9H2,1H3. The molecular formula is C12H15N3O2. The fraction of sp³-hybridized carbons (Fsp3) is 0.417. The number of hydrogen-bond donors (Lipinski definition) is 1. The van der Waals surface area contributed by atoms with Gasteiger partial charge in [0.1, 0.15) is 6.61 Å². The van der Waals surface area contributed by atoms with E-state index in [2.05, 4.69) is 28.2 Å². The summed E-state index contributed by atoms with van der Waals surface area (Å²) in [4.78, 5) is 4.21. The van der Waals surface area contributed by atoms with Crippen LogP contribution in [0, 0.1) is 5.41 Å². The number of hydrogen-bond acceptors (Lipinski definition) is 5. The molecule has 1 aromatic rings. The molecule has 1 N–H and O–H groups in total. The molecule has 5 nitrogen and oxygen atoms in total. The van der Waals surface area contributed by atoms with Gasteiger partial charge in [0.2, 0.25) is 5.88 Å². The molecule has 0 spiro atoms. The quantitative estimate of drug-likeness (QED) is 0.842. The Morgan fingerprint density at radius 1 is 1.41 bits per heavy atom. The van der Waals surface area contributed by atoms with E-state index >= 15 is 0 Å². The van der Waals surface area contributed by atoms with Gasteiger partial charge in [-0.15, -0.1) is 10.2 Å². The fourth-order valence-electron chi connectivity index (χ4n) is 1.49. The highest BCUT2D eigenvalue weighted by molar-refractivity contribution is 5.72. The number of rotatable bonds is 4. The summed E-state index contributed by atoms with van der Waals surface area (Å²) < 4.78 is 5.57. The number of aromatic nitrogens is 2. The largest absolute Gasteiger partial charge is 0.476 e. The summed E-state index contributed by atoms with van der Waals surface area (Å²) in [7, 11) is 0. The van der Waals surface area contributed by atoms with E-state index < -0.39 is 0 Å². The molecule has 1 aliphatic heterocycles. The minimum atomic E-state index is -0.109. The lowest BCUT2D eigenvalue weighted by Crippen LogP contribution is -2.28. The maximum Gasteiger partial charge on any atom is 0.233 e. The van der Waals surface area contributed by atoms with E-state index in [1.165, 1.54) is 0 Å². The molecule has 0 aromatic carbocycles. The predicted octanol–water partition coefficient (Wildman–Crippen LogP) is 0.995. The van der Waals surface area contributed by atoms with Crippen molar-refractivity contribution in [1.29, 1.82) is 0 Å². The molecule has 2 rings (SSSR count). The van der Waals surface area contributed by atoms with Gasteiger partial charge in [-0.25, -0.2) is 0 Å². The van der Waals surface area contributed by atoms with Crippen LogP contribution in [0.15, 0.2) is 29.3 Å². The van der Waals surface area contributed by atoms with Crippen molar-refractivity contribution in [2.75, 3.05) is 13.2 Å². The van der Waals surface area contributed by atoms with Crippen molar-refractivity contribution < 1.29 is 9.84 Å². The Morgan fingerprint density at radius 3 is 2.88 bits per heavy atom. The Labute approximate surface area is 99.9 Å². The molecule has 5 heteroatoms. The zero-order valence-corrected chi connectivity index (χ0v) is 9.71. The summed E-state index contributed by atoms with van der Waals surface area (Å²) in [6.45, 7) is 3.19. The third-order valence-corrected chi connectivity index (χ3v) is 2.55. The molecule has 0 saturated heterocycles. The lowest BCUT2D eigenvalue weighted by molar-refractivity contribution is 0.202. The van der Waals surface area contributed by atoms with E-state index in [4.69, 9.17) is 9.84 Å². The number of ether oxygens (including phenoxy) is 1. The Hall–Kier alpha value is -1.75. The topological polar surface area (TPSA) is 67.6 Å². The average Bonchev–Trinajstić information content (AvgIpc) is 2.38. The molecule has 1 unspecified atom stereocenters. The molecule has 2 heterocycles. The number of aliphatic hydroxyl groups is 1. The van der Waals surface area contributed by atoms with Crippen LogP contribution in [0.5, 0.6) is 5.88 Å². The second kappa shape index (κ2) is 5.05. The third kappa shape index (κ3) is 3.10. The van der Waals surface area contributed by atoms with Crippen LogP contribution in [-0.4, -0.2) is 34.7 Å². The average molecular weight is 233 g/mol. The van der Waals surface area contributed by atoms with Crippen molar-refractivity contribution in [2.45, 2.75) is 13.5 Å². The number of aliphatic imine (C=N–C) groups is 1. The van der Waals surface area contributed by atoms with Gasteiger partial charge in [0.15, 0.2) is 0 Å². The van der Waals surface area contributed by atoms with Gasteiger partial charge >= 0.3 is 0 Å². The molecule has 1 aliphatic rings. The van der Waals surface area contributed by atoms with Crippen LogP contribution in [0.2, 0.25) is 0 Å². The van der Waals surface area contributed by atoms with Crippen molar-refractivity contribution in [3.05, 3.63) is 30.0 Å². The monoisotopic (exact) mass is 233 g/mol. The third-order valence-electron chi connectivity index (χ3n) is 2.55. The van der Waals surface area contributed by atoms with Crippen LogP contribution in [0.3, 0.4) is 0 Å². The van der Waals surface area contributed by atoms with Crippen molar-refractivity contribution in [3.63, 3.8) is 0 Å². The summed E-state index contributed by atoms with van der Waals surface area (Å²) >= 11 is 0. The van der Waals surface area contributed by atoms with Crippen LogP contribution in [0.25, 0.3) is 0 Å².